The molecule has 2 rings (SSSR count). The number of ether oxygens (including phenoxy) is 1. The van der Waals surface area contributed by atoms with E-state index < -0.39 is 0 Å². The van der Waals surface area contributed by atoms with E-state index in [0.29, 0.717) is 35.1 Å². The van der Waals surface area contributed by atoms with Crippen molar-refractivity contribution >= 4 is 23.5 Å². The zero-order valence-corrected chi connectivity index (χ0v) is 20.9. The molecule has 0 bridgehead atoms. The first-order valence-electron chi connectivity index (χ1n) is 11.5. The fourth-order valence-corrected chi connectivity index (χ4v) is 3.53. The molecule has 0 radical (unpaired) electrons. The van der Waals surface area contributed by atoms with Crippen molar-refractivity contribution in [2.45, 2.75) is 65.5 Å². The molecule has 1 heterocycles. The number of benzene rings is 1. The number of rotatable bonds is 9. The van der Waals surface area contributed by atoms with Gasteiger partial charge in [0.1, 0.15) is 12.1 Å². The number of methoxy groups -OCH3 is 1. The molecule has 2 unspecified atom stereocenters. The molecule has 0 amide bonds. The van der Waals surface area contributed by atoms with Crippen LogP contribution in [0.15, 0.2) is 34.8 Å². The maximum absolute atomic E-state index is 11.0. The molecular formula is C25H41N5O3. The molecule has 1 fully saturated rings. The summed E-state index contributed by atoms with van der Waals surface area (Å²) in [6.45, 7) is 12.2. The molecule has 184 valence electrons. The van der Waals surface area contributed by atoms with Gasteiger partial charge in [-0.05, 0) is 69.4 Å². The minimum Gasteiger partial charge on any atom is -0.385 e. The summed E-state index contributed by atoms with van der Waals surface area (Å²) < 4.78 is 4.54. The smallest absolute Gasteiger partial charge is 0.136 e. The first kappa shape index (κ1) is 28.5. The molecule has 1 aromatic rings. The van der Waals surface area contributed by atoms with Crippen molar-refractivity contribution in [3.63, 3.8) is 0 Å². The monoisotopic (exact) mass is 459 g/mol. The maximum Gasteiger partial charge on any atom is 0.136 e. The van der Waals surface area contributed by atoms with E-state index in [0.717, 1.165) is 37.8 Å². The van der Waals surface area contributed by atoms with E-state index in [4.69, 9.17) is 11.1 Å². The van der Waals surface area contributed by atoms with Gasteiger partial charge in [0.25, 0.3) is 0 Å². The lowest BCUT2D eigenvalue weighted by atomic mass is 9.96. The Morgan fingerprint density at radius 2 is 2.09 bits per heavy atom. The van der Waals surface area contributed by atoms with Crippen molar-refractivity contribution in [3.8, 4) is 0 Å². The second-order valence-corrected chi connectivity index (χ2v) is 8.57. The van der Waals surface area contributed by atoms with Crippen molar-refractivity contribution in [2.75, 3.05) is 32.3 Å². The Hall–Kier alpha value is -2.55. The van der Waals surface area contributed by atoms with Gasteiger partial charge in [-0.15, -0.1) is 0 Å². The Balaban J connectivity index is 0.00000125. The summed E-state index contributed by atoms with van der Waals surface area (Å²) in [6, 6.07) is 5.58. The minimum absolute atomic E-state index is 0.0457. The van der Waals surface area contributed by atoms with Gasteiger partial charge < -0.3 is 15.3 Å². The average molecular weight is 460 g/mol. The lowest BCUT2D eigenvalue weighted by molar-refractivity contribution is -0.112. The van der Waals surface area contributed by atoms with E-state index in [9.17, 15) is 10.0 Å². The van der Waals surface area contributed by atoms with E-state index in [2.05, 4.69) is 34.0 Å². The standard InChI is InChI=1S/C22H33N5O2.C3H8O/c1-14(2)17-7-8-19(20(11-17)26-29)22(24)15(3)10-21(23)25-18-6-5-9-27(12-18)16(4)13-28;1-3-4-2/h7-8,10-11,13-14,16,18,24,26,29H,5-6,9,12H2,1-4H3,(H2,23,25);3H2,1-2H3/b15-10-,24-22?;. The first-order chi connectivity index (χ1) is 15.7. The Morgan fingerprint density at radius 3 is 2.64 bits per heavy atom. The van der Waals surface area contributed by atoms with Gasteiger partial charge in [0.05, 0.1) is 23.5 Å². The highest BCUT2D eigenvalue weighted by Crippen LogP contribution is 2.24. The lowest BCUT2D eigenvalue weighted by Crippen LogP contribution is -2.44. The second-order valence-electron chi connectivity index (χ2n) is 8.57. The number of nitrogens with two attached hydrogens (primary N) is 1. The number of carbonyl (C=O) groups excluding carboxylic acids is 1. The number of likely N-dealkylation sites (tertiary alicyclic amines) is 1. The SMILES string of the molecule is C/C(=C/C(N)=NC1CCCN(C(C)C=O)C1)C(=N)c1ccc(C(C)C)cc1NO.CCOC. The van der Waals surface area contributed by atoms with Gasteiger partial charge in [-0.3, -0.25) is 26.0 Å². The van der Waals surface area contributed by atoms with Gasteiger partial charge in [-0.2, -0.15) is 0 Å². The molecule has 2 atom stereocenters. The first-order valence-corrected chi connectivity index (χ1v) is 11.5. The van der Waals surface area contributed by atoms with Crippen molar-refractivity contribution in [1.29, 1.82) is 5.41 Å². The van der Waals surface area contributed by atoms with Crippen LogP contribution < -0.4 is 11.2 Å². The largest absolute Gasteiger partial charge is 0.385 e. The van der Waals surface area contributed by atoms with Crippen molar-refractivity contribution in [1.82, 2.24) is 4.90 Å². The number of carbonyl (C=O) groups is 1. The topological polar surface area (TPSA) is 124 Å². The summed E-state index contributed by atoms with van der Waals surface area (Å²) in [5, 5.41) is 18.0. The number of aldehydes is 1. The van der Waals surface area contributed by atoms with Crippen molar-refractivity contribution in [3.05, 3.63) is 41.0 Å². The lowest BCUT2D eigenvalue weighted by Gasteiger charge is -2.33. The van der Waals surface area contributed by atoms with Crippen LogP contribution in [0.1, 0.15) is 64.5 Å². The second kappa shape index (κ2) is 14.6. The van der Waals surface area contributed by atoms with Crippen molar-refractivity contribution in [2.24, 2.45) is 10.7 Å². The number of hydrogen-bond acceptors (Lipinski definition) is 7. The van der Waals surface area contributed by atoms with Crippen LogP contribution in [0.3, 0.4) is 0 Å². The van der Waals surface area contributed by atoms with Crippen LogP contribution in [-0.4, -0.2) is 66.8 Å². The predicted octanol–water partition coefficient (Wildman–Crippen LogP) is 3.99. The number of hydrogen-bond donors (Lipinski definition) is 4. The highest BCUT2D eigenvalue weighted by atomic mass is 16.5. The van der Waals surface area contributed by atoms with Crippen LogP contribution in [0.2, 0.25) is 0 Å². The number of aliphatic imine (C=N–C) groups is 1. The fourth-order valence-electron chi connectivity index (χ4n) is 3.53. The van der Waals surface area contributed by atoms with E-state index in [1.165, 1.54) is 0 Å². The molecule has 0 spiro atoms. The Kier molecular flexibility index (Phi) is 12.6. The summed E-state index contributed by atoms with van der Waals surface area (Å²) in [4.78, 5) is 17.8. The third kappa shape index (κ3) is 9.07. The maximum atomic E-state index is 11.0. The molecule has 0 saturated carbocycles. The molecule has 8 heteroatoms. The summed E-state index contributed by atoms with van der Waals surface area (Å²) in [5.74, 6) is 0.692. The van der Waals surface area contributed by atoms with Crippen LogP contribution >= 0.6 is 0 Å². The highest BCUT2D eigenvalue weighted by Gasteiger charge is 2.23. The molecule has 1 aromatic carbocycles. The number of piperidine rings is 1. The van der Waals surface area contributed by atoms with Gasteiger partial charge in [0.15, 0.2) is 0 Å². The number of allylic oxidation sites excluding steroid dienone is 1. The Morgan fingerprint density at radius 1 is 1.42 bits per heavy atom. The van der Waals surface area contributed by atoms with E-state index in [-0.39, 0.29) is 17.8 Å². The van der Waals surface area contributed by atoms with Crippen LogP contribution in [0, 0.1) is 5.41 Å². The van der Waals surface area contributed by atoms with Crippen LogP contribution in [0.4, 0.5) is 5.69 Å². The van der Waals surface area contributed by atoms with Crippen molar-refractivity contribution < 1.29 is 14.7 Å². The highest BCUT2D eigenvalue weighted by molar-refractivity contribution is 6.16. The Bertz CT molecular complexity index is 833. The normalized spacial score (nSPS) is 18.4. The summed E-state index contributed by atoms with van der Waals surface area (Å²) in [7, 11) is 1.68. The zero-order valence-electron chi connectivity index (χ0n) is 20.9. The van der Waals surface area contributed by atoms with Gasteiger partial charge in [-0.25, -0.2) is 0 Å². The van der Waals surface area contributed by atoms with Gasteiger partial charge in [-0.1, -0.05) is 26.0 Å². The Labute approximate surface area is 198 Å². The van der Waals surface area contributed by atoms with Gasteiger partial charge >= 0.3 is 0 Å². The number of nitrogens with zero attached hydrogens (tertiary/aromatic N) is 2. The number of amidine groups is 1. The minimum atomic E-state index is -0.113. The molecule has 33 heavy (non-hydrogen) atoms. The van der Waals surface area contributed by atoms with E-state index >= 15 is 0 Å². The number of nitrogens with one attached hydrogen (secondary N) is 2. The molecule has 1 aliphatic rings. The predicted molar refractivity (Wildman–Crippen MR) is 136 cm³/mol. The molecule has 1 aliphatic heterocycles. The summed E-state index contributed by atoms with van der Waals surface area (Å²) >= 11 is 0. The quantitative estimate of drug-likeness (QED) is 0.192. The zero-order chi connectivity index (χ0) is 25.0. The van der Waals surface area contributed by atoms with E-state index in [1.54, 1.807) is 13.2 Å². The third-order valence-corrected chi connectivity index (χ3v) is 5.68. The molecule has 1 saturated heterocycles. The molecular weight excluding hydrogens is 418 g/mol. The van der Waals surface area contributed by atoms with Gasteiger partial charge in [0, 0.05) is 25.8 Å². The average Bonchev–Trinajstić information content (AvgIpc) is 2.82. The third-order valence-electron chi connectivity index (χ3n) is 5.68. The fraction of sp³-hybridized carbons (Fsp3) is 0.560. The molecule has 5 N–H and O–H groups in total. The van der Waals surface area contributed by atoms with Crippen LogP contribution in [-0.2, 0) is 9.53 Å². The summed E-state index contributed by atoms with van der Waals surface area (Å²) in [5.41, 5.74) is 11.4. The summed E-state index contributed by atoms with van der Waals surface area (Å²) in [6.07, 6.45) is 4.56. The molecule has 0 aromatic heterocycles. The molecule has 0 aliphatic carbocycles. The van der Waals surface area contributed by atoms with Gasteiger partial charge in [0.2, 0.25) is 0 Å². The van der Waals surface area contributed by atoms with E-state index in [1.807, 2.05) is 39.0 Å². The van der Waals surface area contributed by atoms with Crippen LogP contribution in [0.5, 0.6) is 0 Å². The number of anilines is 1. The van der Waals surface area contributed by atoms with Crippen LogP contribution in [0.25, 0.3) is 0 Å². The molecule has 8 nitrogen and oxygen atoms in total.